The fraction of sp³-hybridized carbons (Fsp3) is 0.350. The lowest BCUT2D eigenvalue weighted by Gasteiger charge is -2.17. The van der Waals surface area contributed by atoms with Crippen molar-refractivity contribution in [2.75, 3.05) is 7.11 Å². The smallest absolute Gasteiger partial charge is 0.162 e. The van der Waals surface area contributed by atoms with Crippen molar-refractivity contribution in [2.45, 2.75) is 38.7 Å². The summed E-state index contributed by atoms with van der Waals surface area (Å²) in [5.74, 6) is 1.64. The number of ether oxygens (including phenoxy) is 2. The molecule has 3 nitrogen and oxygen atoms in total. The second-order valence-electron chi connectivity index (χ2n) is 5.97. The monoisotopic (exact) mass is 309 g/mol. The zero-order valence-electron chi connectivity index (χ0n) is 13.8. The van der Waals surface area contributed by atoms with E-state index >= 15 is 0 Å². The van der Waals surface area contributed by atoms with Crippen LogP contribution in [-0.4, -0.2) is 18.2 Å². The van der Waals surface area contributed by atoms with Crippen molar-refractivity contribution in [3.8, 4) is 11.5 Å². The summed E-state index contributed by atoms with van der Waals surface area (Å²) in [5, 5.41) is 0. The average molecular weight is 309 g/mol. The van der Waals surface area contributed by atoms with E-state index in [0.29, 0.717) is 6.10 Å². The third-order valence-electron chi connectivity index (χ3n) is 4.27. The highest BCUT2D eigenvalue weighted by atomic mass is 16.5. The van der Waals surface area contributed by atoms with Crippen molar-refractivity contribution in [3.05, 3.63) is 53.9 Å². The van der Waals surface area contributed by atoms with Crippen LogP contribution in [-0.2, 0) is 0 Å². The summed E-state index contributed by atoms with van der Waals surface area (Å²) in [7, 11) is 1.69. The Balaban J connectivity index is 1.86. The molecule has 1 aromatic heterocycles. The summed E-state index contributed by atoms with van der Waals surface area (Å²) in [6.07, 6.45) is 8.99. The van der Waals surface area contributed by atoms with Gasteiger partial charge in [0.05, 0.1) is 18.9 Å². The zero-order chi connectivity index (χ0) is 16.1. The van der Waals surface area contributed by atoms with Crippen LogP contribution >= 0.6 is 0 Å². The summed E-state index contributed by atoms with van der Waals surface area (Å²) in [6, 6.07) is 12.0. The van der Waals surface area contributed by atoms with Gasteiger partial charge in [-0.2, -0.15) is 0 Å². The van der Waals surface area contributed by atoms with Gasteiger partial charge >= 0.3 is 0 Å². The Morgan fingerprint density at radius 2 is 1.96 bits per heavy atom. The molecule has 0 radical (unpaired) electrons. The first-order valence-electron chi connectivity index (χ1n) is 8.20. The first kappa shape index (κ1) is 15.6. The number of methoxy groups -OCH3 is 1. The maximum absolute atomic E-state index is 6.17. The van der Waals surface area contributed by atoms with E-state index in [2.05, 4.69) is 30.1 Å². The van der Waals surface area contributed by atoms with E-state index in [0.717, 1.165) is 41.2 Å². The lowest BCUT2D eigenvalue weighted by atomic mass is 10.1. The van der Waals surface area contributed by atoms with Crippen molar-refractivity contribution in [3.63, 3.8) is 0 Å². The Hall–Kier alpha value is -2.29. The molecule has 3 rings (SSSR count). The van der Waals surface area contributed by atoms with Gasteiger partial charge in [0.15, 0.2) is 11.5 Å². The van der Waals surface area contributed by atoms with Gasteiger partial charge in [0, 0.05) is 6.20 Å². The van der Waals surface area contributed by atoms with Gasteiger partial charge in [-0.25, -0.2) is 0 Å². The molecule has 0 N–H and O–H groups in total. The maximum atomic E-state index is 6.17. The summed E-state index contributed by atoms with van der Waals surface area (Å²) in [4.78, 5) is 4.35. The van der Waals surface area contributed by atoms with Crippen LogP contribution in [0.15, 0.2) is 42.6 Å². The van der Waals surface area contributed by atoms with Gasteiger partial charge in [-0.1, -0.05) is 12.1 Å². The van der Waals surface area contributed by atoms with E-state index in [-0.39, 0.29) is 0 Å². The molecule has 1 fully saturated rings. The van der Waals surface area contributed by atoms with Crippen LogP contribution in [0, 0.1) is 0 Å². The Morgan fingerprint density at radius 1 is 1.13 bits per heavy atom. The van der Waals surface area contributed by atoms with Crippen molar-refractivity contribution in [2.24, 2.45) is 0 Å². The fourth-order valence-electron chi connectivity index (χ4n) is 2.97. The topological polar surface area (TPSA) is 31.4 Å². The number of allylic oxidation sites excluding steroid dienone is 1. The van der Waals surface area contributed by atoms with Gasteiger partial charge in [-0.15, -0.1) is 0 Å². The van der Waals surface area contributed by atoms with Crippen LogP contribution < -0.4 is 9.47 Å². The predicted molar refractivity (Wildman–Crippen MR) is 93.7 cm³/mol. The third kappa shape index (κ3) is 3.92. The van der Waals surface area contributed by atoms with Crippen molar-refractivity contribution in [1.29, 1.82) is 0 Å². The van der Waals surface area contributed by atoms with E-state index in [1.165, 1.54) is 12.8 Å². The summed E-state index contributed by atoms with van der Waals surface area (Å²) in [6.45, 7) is 2.09. The van der Waals surface area contributed by atoms with Crippen LogP contribution in [0.1, 0.15) is 43.9 Å². The largest absolute Gasteiger partial charge is 0.493 e. The molecule has 1 aromatic carbocycles. The molecule has 0 spiro atoms. The minimum atomic E-state index is 0.319. The Bertz CT molecular complexity index is 673. The van der Waals surface area contributed by atoms with E-state index < -0.39 is 0 Å². The van der Waals surface area contributed by atoms with Gasteiger partial charge in [0.2, 0.25) is 0 Å². The molecule has 1 heterocycles. The number of hydrogen-bond donors (Lipinski definition) is 0. The SMILES string of the molecule is COc1ccc(C(C)=Cc2ccccn2)cc1OC1CCCC1. The van der Waals surface area contributed by atoms with Gasteiger partial charge in [-0.05, 0) is 74.1 Å². The van der Waals surface area contributed by atoms with Gasteiger partial charge < -0.3 is 9.47 Å². The summed E-state index contributed by atoms with van der Waals surface area (Å²) >= 11 is 0. The summed E-state index contributed by atoms with van der Waals surface area (Å²) < 4.78 is 11.6. The molecule has 0 unspecified atom stereocenters. The molecule has 0 atom stereocenters. The predicted octanol–water partition coefficient (Wildman–Crippen LogP) is 4.97. The molecule has 2 aromatic rings. The van der Waals surface area contributed by atoms with E-state index in [9.17, 15) is 0 Å². The third-order valence-corrected chi connectivity index (χ3v) is 4.27. The number of benzene rings is 1. The van der Waals surface area contributed by atoms with E-state index in [1.54, 1.807) is 7.11 Å². The van der Waals surface area contributed by atoms with E-state index in [4.69, 9.17) is 9.47 Å². The molecule has 0 amide bonds. The Kier molecular flexibility index (Phi) is 4.96. The van der Waals surface area contributed by atoms with Crippen molar-refractivity contribution in [1.82, 2.24) is 4.98 Å². The van der Waals surface area contributed by atoms with Crippen LogP contribution in [0.2, 0.25) is 0 Å². The minimum absolute atomic E-state index is 0.319. The highest BCUT2D eigenvalue weighted by molar-refractivity contribution is 5.80. The second-order valence-corrected chi connectivity index (χ2v) is 5.97. The van der Waals surface area contributed by atoms with Crippen LogP contribution in [0.4, 0.5) is 0 Å². The highest BCUT2D eigenvalue weighted by Gasteiger charge is 2.18. The van der Waals surface area contributed by atoms with Crippen molar-refractivity contribution < 1.29 is 9.47 Å². The van der Waals surface area contributed by atoms with Gasteiger partial charge in [-0.3, -0.25) is 4.98 Å². The van der Waals surface area contributed by atoms with Crippen molar-refractivity contribution >= 4 is 11.6 Å². The molecule has 0 saturated heterocycles. The van der Waals surface area contributed by atoms with Crippen LogP contribution in [0.3, 0.4) is 0 Å². The molecule has 3 heteroatoms. The van der Waals surface area contributed by atoms with Crippen LogP contribution in [0.5, 0.6) is 11.5 Å². The van der Waals surface area contributed by atoms with Crippen LogP contribution in [0.25, 0.3) is 11.6 Å². The van der Waals surface area contributed by atoms with Gasteiger partial charge in [0.25, 0.3) is 0 Å². The minimum Gasteiger partial charge on any atom is -0.493 e. The number of pyridine rings is 1. The fourth-order valence-corrected chi connectivity index (χ4v) is 2.97. The number of hydrogen-bond acceptors (Lipinski definition) is 3. The Labute approximate surface area is 138 Å². The molecular formula is C20H23NO2. The molecule has 1 saturated carbocycles. The zero-order valence-corrected chi connectivity index (χ0v) is 13.8. The normalized spacial score (nSPS) is 15.7. The molecule has 1 aliphatic carbocycles. The number of rotatable bonds is 5. The van der Waals surface area contributed by atoms with E-state index in [1.807, 2.05) is 30.5 Å². The highest BCUT2D eigenvalue weighted by Crippen LogP contribution is 2.34. The Morgan fingerprint density at radius 3 is 2.65 bits per heavy atom. The van der Waals surface area contributed by atoms with Gasteiger partial charge in [0.1, 0.15) is 0 Å². The molecule has 0 aliphatic heterocycles. The standard InChI is InChI=1S/C20H23NO2/c1-15(13-17-7-5-6-12-21-17)16-10-11-19(22-2)20(14-16)23-18-8-3-4-9-18/h5-7,10-14,18H,3-4,8-9H2,1-2H3. The molecule has 0 bridgehead atoms. The molecule has 120 valence electrons. The number of nitrogens with zero attached hydrogens (tertiary/aromatic N) is 1. The average Bonchev–Trinajstić information content (AvgIpc) is 3.09. The summed E-state index contributed by atoms with van der Waals surface area (Å²) in [5.41, 5.74) is 3.24. The quantitative estimate of drug-likeness (QED) is 0.781. The molecular weight excluding hydrogens is 286 g/mol. The lowest BCUT2D eigenvalue weighted by molar-refractivity contribution is 0.201. The molecule has 23 heavy (non-hydrogen) atoms. The second kappa shape index (κ2) is 7.32. The lowest BCUT2D eigenvalue weighted by Crippen LogP contribution is -2.11. The first-order valence-corrected chi connectivity index (χ1v) is 8.20. The number of aromatic nitrogens is 1. The first-order chi connectivity index (χ1) is 11.3. The maximum Gasteiger partial charge on any atom is 0.162 e. The molecule has 1 aliphatic rings.